The maximum absolute atomic E-state index is 11.8. The zero-order valence-corrected chi connectivity index (χ0v) is 69.2. The van der Waals surface area contributed by atoms with Crippen molar-refractivity contribution >= 4 is 114 Å². The van der Waals surface area contributed by atoms with Gasteiger partial charge in [-0.3, -0.25) is 0 Å². The summed E-state index contributed by atoms with van der Waals surface area (Å²) in [4.78, 5) is 88.3. The van der Waals surface area contributed by atoms with Crippen molar-refractivity contribution in [2.45, 2.75) is 85.4 Å². The van der Waals surface area contributed by atoms with Crippen LogP contribution in [0.3, 0.4) is 0 Å². The number of nitrogen functional groups attached to an aromatic ring is 2. The number of thiazole rings is 2. The summed E-state index contributed by atoms with van der Waals surface area (Å²) in [5, 5.41) is 39.9. The third-order valence-electron chi connectivity index (χ3n) is 13.1. The number of methoxy groups -OCH3 is 9. The van der Waals surface area contributed by atoms with Crippen molar-refractivity contribution in [1.29, 1.82) is 5.26 Å². The van der Waals surface area contributed by atoms with Crippen molar-refractivity contribution in [3.63, 3.8) is 0 Å². The third kappa shape index (κ3) is 35.6. The number of aliphatic hydroxyl groups is 3. The molecule has 2 heterocycles. The predicted molar refractivity (Wildman–Crippen MR) is 401 cm³/mol. The van der Waals surface area contributed by atoms with E-state index in [-0.39, 0.29) is 86.4 Å². The number of esters is 4. The second kappa shape index (κ2) is 57.0. The Hall–Kier alpha value is -7.43. The second-order valence-electron chi connectivity index (χ2n) is 19.7. The number of alkyl halides is 1. The Bertz CT molecular complexity index is 3790. The molecule has 0 saturated heterocycles. The molecule has 102 heavy (non-hydrogen) atoms. The van der Waals surface area contributed by atoms with Gasteiger partial charge in [0.2, 0.25) is 0 Å². The molecule has 7 aromatic rings. The van der Waals surface area contributed by atoms with Gasteiger partial charge in [0.25, 0.3) is 0 Å². The zero-order chi connectivity index (χ0) is 76.8. The summed E-state index contributed by atoms with van der Waals surface area (Å²) in [5.74, 6) is -0.271. The standard InChI is InChI=1S/C14H16N2O3S.C13H15BrO4.C13H14N2O3S.C13H16O4.C10H11IO3.C3H6O.C2H3N.C2H6O.CH4O.K.H2O/c1-8-4-12(18-2)11(13(17)19-3)6-9(8)5-10-7-16-14(15)20-10;1-8-4-12(17-2)11(13(16)18-3)6-9(8)5-10(14)7-15;1-7-3-11(18-2)10(12(16)17)5-8(7)4-9-6-15-13(14)19-9;1-9-7-12(16-2)11(13(15)17-3)8-10(9)5-4-6-14;1-6-4-9(13-2)7(5-8(6)11)10(12)14-3;1-2-3-4;2*1-2-3;1-2;;/h4,6-7H,5H2,1-3H3,(H2,15,16);4,6-7,10H,5H2,1-3H3;3,5-6H,4H2,1-2H3,(H2,14,15)(H,16,17);6-8H,4-5H2,1-3H3;4-5H,1-3H3;2,4H,1,3H2;1H3;3H,2H2,1H3;2H,1H3;;1H2/q;;;;;;;;;+1;/p-1. The van der Waals surface area contributed by atoms with E-state index in [1.807, 2.05) is 46.8 Å². The molecule has 0 bridgehead atoms. The van der Waals surface area contributed by atoms with Crippen molar-refractivity contribution in [2.75, 3.05) is 95.8 Å². The summed E-state index contributed by atoms with van der Waals surface area (Å²) >= 11 is 8.26. The van der Waals surface area contributed by atoms with Crippen LogP contribution in [0, 0.1) is 49.5 Å². The number of rotatable bonds is 21. The molecule has 5 aromatic carbocycles. The number of nitriles is 1. The normalized spacial score (nSPS) is 9.58. The first-order valence-corrected chi connectivity index (χ1v) is 33.3. The molecule has 0 radical (unpaired) electrons. The van der Waals surface area contributed by atoms with Crippen LogP contribution in [0.25, 0.3) is 0 Å². The van der Waals surface area contributed by atoms with Crippen molar-refractivity contribution in [3.05, 3.63) is 177 Å². The number of aromatic nitrogens is 2. The van der Waals surface area contributed by atoms with Gasteiger partial charge < -0.3 is 89.6 Å². The Balaban J connectivity index is -0.000000564. The van der Waals surface area contributed by atoms with Crippen LogP contribution in [0.2, 0.25) is 0 Å². The molecule has 0 aliphatic heterocycles. The van der Waals surface area contributed by atoms with E-state index >= 15 is 0 Å². The molecule has 554 valence electrons. The summed E-state index contributed by atoms with van der Waals surface area (Å²) in [6, 6.07) is 19.4. The number of carbonyl (C=O) groups is 7. The first-order chi connectivity index (χ1) is 47.6. The van der Waals surface area contributed by atoms with E-state index in [9.17, 15) is 38.7 Å². The van der Waals surface area contributed by atoms with E-state index in [4.69, 9.17) is 65.2 Å². The number of anilines is 2. The number of benzene rings is 5. The Labute approximate surface area is 669 Å². The van der Waals surface area contributed by atoms with Gasteiger partial charge in [-0.25, -0.2) is 33.9 Å². The molecule has 0 aliphatic rings. The van der Waals surface area contributed by atoms with E-state index in [1.54, 1.807) is 73.9 Å². The molecule has 2 aromatic heterocycles. The molecule has 7 rings (SSSR count). The Morgan fingerprint density at radius 2 is 0.873 bits per heavy atom. The number of hydrogen-bond donors (Lipinski definition) is 6. The van der Waals surface area contributed by atoms with Gasteiger partial charge in [-0.15, -0.1) is 29.3 Å². The van der Waals surface area contributed by atoms with Gasteiger partial charge in [0.15, 0.2) is 10.3 Å². The largest absolute Gasteiger partial charge is 1.00 e. The number of nitrogens with two attached hydrogens (primary N) is 2. The van der Waals surface area contributed by atoms with Crippen molar-refractivity contribution in [1.82, 2.24) is 9.97 Å². The van der Waals surface area contributed by atoms with Crippen LogP contribution in [0.5, 0.6) is 28.7 Å². The maximum atomic E-state index is 11.8. The van der Waals surface area contributed by atoms with Gasteiger partial charge in [-0.1, -0.05) is 22.0 Å². The Morgan fingerprint density at radius 1 is 0.588 bits per heavy atom. The average Bonchev–Trinajstić information content (AvgIpc) is 1.17. The SMILES string of the molecule is C=CCO.CC#N.CCO.CO.COC(=O)c1cc(CC(Br)C=O)c(C)cc1OC.COC(=O)c1cc(CCC=O)c(C)cc1OC.COC(=O)c1cc(Cc2cnc(N)s2)c(C)cc1OC.COC(=O)c1cc(I)c(C)cc1OC.COc1cc(C)c(Cc2cnc(N)s2)cc1C(=O)O.[K+].[OH-]. The first-order valence-electron chi connectivity index (χ1n) is 29.7. The van der Waals surface area contributed by atoms with Gasteiger partial charge in [0.1, 0.15) is 69.1 Å². The van der Waals surface area contributed by atoms with Gasteiger partial charge in [0, 0.05) is 65.6 Å². The maximum Gasteiger partial charge on any atom is 1.00 e. The Kier molecular flexibility index (Phi) is 56.4. The minimum absolute atomic E-state index is 0. The van der Waals surface area contributed by atoms with E-state index in [1.165, 1.54) is 99.7 Å². The minimum atomic E-state index is -0.998. The van der Waals surface area contributed by atoms with Crippen molar-refractivity contribution in [2.24, 2.45) is 0 Å². The smallest absolute Gasteiger partial charge is 0.870 e. The molecule has 0 amide bonds. The average molecular weight is 1660 g/mol. The summed E-state index contributed by atoms with van der Waals surface area (Å²) in [7, 11) is 13.9. The Morgan fingerprint density at radius 3 is 1.16 bits per heavy atom. The quantitative estimate of drug-likeness (QED) is 0.00746. The topological polar surface area (TPSA) is 415 Å². The molecule has 26 nitrogen and oxygen atoms in total. The number of halogens is 2. The van der Waals surface area contributed by atoms with Gasteiger partial charge in [0.05, 0.1) is 81.5 Å². The van der Waals surface area contributed by atoms with Crippen LogP contribution < -0.4 is 86.5 Å². The molecule has 0 aliphatic carbocycles. The molecule has 9 N–H and O–H groups in total. The molecule has 1 unspecified atom stereocenters. The van der Waals surface area contributed by atoms with Gasteiger partial charge >= 0.3 is 81.2 Å². The number of carboxylic acid groups (broad SMARTS) is 1. The summed E-state index contributed by atoms with van der Waals surface area (Å²) < 4.78 is 45.5. The van der Waals surface area contributed by atoms with Crippen LogP contribution in [0.4, 0.5) is 10.3 Å². The number of aliphatic hydroxyl groups excluding tert-OH is 3. The van der Waals surface area contributed by atoms with E-state index in [2.05, 4.69) is 64.5 Å². The fraction of sp³-hybridized carbons (Fsp3) is 0.352. The number of carbonyl (C=O) groups excluding carboxylic acids is 6. The number of nitrogens with zero attached hydrogens (tertiary/aromatic N) is 3. The fourth-order valence-corrected chi connectivity index (χ4v) is 10.4. The second-order valence-corrected chi connectivity index (χ2v) is 24.4. The molecule has 1 atom stereocenters. The number of aryl methyl sites for hydroxylation is 6. The summed E-state index contributed by atoms with van der Waals surface area (Å²) in [6.45, 7) is 16.4. The van der Waals surface area contributed by atoms with E-state index in [0.29, 0.717) is 93.4 Å². The zero-order valence-electron chi connectivity index (χ0n) is 60.7. The van der Waals surface area contributed by atoms with Crippen LogP contribution in [-0.2, 0) is 54.2 Å². The van der Waals surface area contributed by atoms with Crippen LogP contribution in [0.1, 0.15) is 132 Å². The predicted octanol–water partition coefficient (Wildman–Crippen LogP) is 8.49. The van der Waals surface area contributed by atoms with Crippen molar-refractivity contribution < 1.29 is 153 Å². The number of carboxylic acids is 1. The molecule has 0 fully saturated rings. The first kappa shape index (κ1) is 101. The molecule has 31 heteroatoms. The van der Waals surface area contributed by atoms with Gasteiger partial charge in [-0.05, 0) is 188 Å². The number of hydrogen-bond acceptors (Lipinski definition) is 27. The molecule has 0 spiro atoms. The monoisotopic (exact) mass is 1660 g/mol. The third-order valence-corrected chi connectivity index (χ3v) is 16.4. The van der Waals surface area contributed by atoms with Crippen molar-refractivity contribution in [3.8, 4) is 34.8 Å². The minimum Gasteiger partial charge on any atom is -0.870 e. The summed E-state index contributed by atoms with van der Waals surface area (Å²) in [5.41, 5.74) is 21.9. The van der Waals surface area contributed by atoms with Gasteiger partial charge in [-0.2, -0.15) is 5.26 Å². The van der Waals surface area contributed by atoms with Crippen LogP contribution in [0.15, 0.2) is 85.7 Å². The number of aromatic carboxylic acids is 1. The molecular weight excluding hydrogens is 1570 g/mol. The fourth-order valence-electron chi connectivity index (χ4n) is 8.18. The summed E-state index contributed by atoms with van der Waals surface area (Å²) in [6.07, 6.45) is 9.44. The van der Waals surface area contributed by atoms with Crippen LogP contribution in [-0.4, -0.2) is 167 Å². The van der Waals surface area contributed by atoms with E-state index in [0.717, 1.165) is 83.1 Å². The molecule has 0 saturated carbocycles. The molecular formula is C71H92BrIKN5O21S2. The van der Waals surface area contributed by atoms with Crippen LogP contribution >= 0.6 is 61.2 Å². The number of aldehydes is 2. The number of ether oxygens (including phenoxy) is 9. The van der Waals surface area contributed by atoms with E-state index < -0.39 is 23.9 Å².